The van der Waals surface area contributed by atoms with Gasteiger partial charge in [-0.15, -0.1) is 45.3 Å². The van der Waals surface area contributed by atoms with E-state index in [4.69, 9.17) is 0 Å². The van der Waals surface area contributed by atoms with Crippen molar-refractivity contribution in [2.24, 2.45) is 0 Å². The van der Waals surface area contributed by atoms with Crippen LogP contribution in [0.25, 0.3) is 52.5 Å². The number of H-pyrrole nitrogens is 6. The van der Waals surface area contributed by atoms with Crippen LogP contribution in [0.2, 0.25) is 0 Å². The number of nitrogens with zero attached hydrogens (tertiary/aromatic N) is 23. The highest BCUT2D eigenvalue weighted by molar-refractivity contribution is 7.25. The van der Waals surface area contributed by atoms with Gasteiger partial charge in [-0.25, -0.2) is 54.2 Å². The average molecular weight is 1890 g/mol. The van der Waals surface area contributed by atoms with E-state index in [0.29, 0.717) is 0 Å². The number of rotatable bonds is 0. The molecule has 0 saturated carbocycles. The topological polar surface area (TPSA) is 431 Å². The molecule has 22 heterocycles. The number of nitrogens with one attached hydrogen (secondary N) is 6. The summed E-state index contributed by atoms with van der Waals surface area (Å²) in [6.07, 6.45) is 64.3. The zero-order valence-corrected chi connectivity index (χ0v) is 74.8. The maximum Gasteiger partial charge on any atom is 0.180 e. The van der Waals surface area contributed by atoms with Crippen molar-refractivity contribution >= 4 is 121 Å². The molecule has 0 bridgehead atoms. The minimum Gasteiger partial charge on any atom is -0.473 e. The molecule has 22 aromatic heterocycles. The molecule has 0 fully saturated rings. The predicted octanol–water partition coefficient (Wildman–Crippen LogP) is 23.7. The lowest BCUT2D eigenvalue weighted by molar-refractivity contribution is 0.420. The Kier molecular flexibility index (Phi) is 67.6. The van der Waals surface area contributed by atoms with Crippen LogP contribution in [0.4, 0.5) is 0 Å². The van der Waals surface area contributed by atoms with E-state index in [1.165, 1.54) is 92.5 Å². The lowest BCUT2D eigenvalue weighted by atomic mass is 10.3. The number of fused-ring (bicyclic) bond motifs is 5. The van der Waals surface area contributed by atoms with Gasteiger partial charge in [-0.2, -0.15) is 42.0 Å². The second-order valence-electron chi connectivity index (χ2n) is 22.4. The molecule has 0 aliphatic rings. The fourth-order valence-electron chi connectivity index (χ4n) is 7.95. The quantitative estimate of drug-likeness (QED) is 0.0821. The van der Waals surface area contributed by atoms with Crippen LogP contribution in [0.1, 0.15) is 14.9 Å². The first kappa shape index (κ1) is 108. The molecule has 0 unspecified atom stereocenters. The number of hydrogen-bond donors (Lipinski definition) is 6. The van der Waals surface area contributed by atoms with Crippen LogP contribution in [0, 0.1) is 0 Å². The number of thiazole rings is 1. The number of oxazole rings is 1. The van der Waals surface area contributed by atoms with E-state index in [9.17, 15) is 0 Å². The monoisotopic (exact) mass is 1880 g/mol. The Hall–Kier alpha value is -17.2. The number of furan rings is 1. The number of aromatic amines is 6. The second-order valence-corrected chi connectivity index (χ2v) is 27.5. The van der Waals surface area contributed by atoms with Crippen molar-refractivity contribution in [1.82, 2.24) is 145 Å². The van der Waals surface area contributed by atoms with Gasteiger partial charge in [0.2, 0.25) is 0 Å². The Bertz CT molecular complexity index is 4960. The van der Waals surface area contributed by atoms with Gasteiger partial charge in [-0.05, 0) is 189 Å². The van der Waals surface area contributed by atoms with Crippen molar-refractivity contribution in [2.45, 2.75) is 14.9 Å². The minimum absolute atomic E-state index is 0. The normalized spacial score (nSPS) is 8.63. The smallest absolute Gasteiger partial charge is 0.180 e. The van der Waals surface area contributed by atoms with Crippen LogP contribution in [-0.4, -0.2) is 145 Å². The number of aromatic nitrogens is 29. The molecule has 0 spiro atoms. The third-order valence-corrected chi connectivity index (χ3v) is 17.8. The largest absolute Gasteiger partial charge is 0.473 e. The molecule has 676 valence electrons. The number of pyridine rings is 1. The summed E-state index contributed by atoms with van der Waals surface area (Å²) in [5.74, 6) is 0. The van der Waals surface area contributed by atoms with Crippen LogP contribution in [0.15, 0.2) is 518 Å². The lowest BCUT2D eigenvalue weighted by Gasteiger charge is -1.90. The molecule has 133 heavy (non-hydrogen) atoms. The van der Waals surface area contributed by atoms with Crippen molar-refractivity contribution in [1.29, 1.82) is 0 Å². The van der Waals surface area contributed by atoms with Crippen LogP contribution in [-0.2, 0) is 0 Å². The number of para-hydroxylation sites is 5. The van der Waals surface area contributed by atoms with Crippen LogP contribution in [0.3, 0.4) is 0 Å². The Balaban J connectivity index is 0.000000293. The highest BCUT2D eigenvalue weighted by Crippen LogP contribution is 2.25. The summed E-state index contributed by atoms with van der Waals surface area (Å²) in [6.45, 7) is 0. The molecule has 38 heteroatoms. The Morgan fingerprint density at radius 3 is 1.20 bits per heavy atom. The van der Waals surface area contributed by atoms with Gasteiger partial charge in [0.25, 0.3) is 0 Å². The molecule has 0 saturated heterocycles. The number of imidazole rings is 2. The van der Waals surface area contributed by atoms with E-state index in [2.05, 4.69) is 235 Å². The molecule has 4 aromatic carbocycles. The molecular formula is C95H97N29O3S6. The third kappa shape index (κ3) is 61.8. The molecule has 26 aromatic rings. The SMILES string of the molecule is C.C.c1c[nH]cn1.c1cc2sccc2s1.c1cc[nH]c1.c1ccc2[nH]ccc2c1.c1ccc2[nH]cnc2c1.c1ccc2nccnc2c1.c1ccc2sccc2c1.c1ccncc1.c1ccnnc1.c1ccoc1.c1ccsc1.c1cn[nH]c1.c1cn[nH]n1.c1cnccn1.c1cncnc1.c1cncnc1.c1cnoc1.c1cnsc1.c1cocn1.c1cscn1.c1ncncn1. The molecule has 0 amide bonds. The van der Waals surface area contributed by atoms with Crippen LogP contribution >= 0.6 is 68.2 Å². The molecule has 6 N–H and O–H groups in total. The molecule has 0 aliphatic carbocycles. The molecule has 0 aliphatic heterocycles. The molecule has 26 rings (SSSR count). The summed E-state index contributed by atoms with van der Waals surface area (Å²) in [4.78, 5) is 71.6. The van der Waals surface area contributed by atoms with E-state index in [-0.39, 0.29) is 14.9 Å². The summed E-state index contributed by atoms with van der Waals surface area (Å²) < 4.78 is 21.3. The number of hydrogen-bond acceptors (Lipinski definition) is 32. The fraction of sp³-hybridized carbons (Fsp3) is 0.0211. The second kappa shape index (κ2) is 83.1. The fourth-order valence-corrected chi connectivity index (χ4v) is 11.7. The maximum absolute atomic E-state index is 4.58. The van der Waals surface area contributed by atoms with Gasteiger partial charge < -0.3 is 33.3 Å². The molecule has 32 nitrogen and oxygen atoms in total. The lowest BCUT2D eigenvalue weighted by Crippen LogP contribution is -1.78. The zero-order valence-electron chi connectivity index (χ0n) is 69.9. The number of thiophene rings is 4. The molecular weight excluding hydrogens is 1790 g/mol. The van der Waals surface area contributed by atoms with E-state index >= 15 is 0 Å². The molecule has 0 atom stereocenters. The van der Waals surface area contributed by atoms with Gasteiger partial charge in [-0.1, -0.05) is 98.9 Å². The summed E-state index contributed by atoms with van der Waals surface area (Å²) in [5, 5.41) is 42.9. The van der Waals surface area contributed by atoms with Gasteiger partial charge >= 0.3 is 0 Å². The first-order chi connectivity index (χ1) is 65.3. The maximum atomic E-state index is 4.58. The number of benzene rings is 4. The highest BCUT2D eigenvalue weighted by atomic mass is 32.1. The average Bonchev–Trinajstić information content (AvgIpc) is 1.13. The van der Waals surface area contributed by atoms with Crippen LogP contribution in [0.5, 0.6) is 0 Å². The summed E-state index contributed by atoms with van der Waals surface area (Å²) in [5.41, 5.74) is 7.02. The van der Waals surface area contributed by atoms with Crippen molar-refractivity contribution in [3.8, 4) is 0 Å². The summed E-state index contributed by atoms with van der Waals surface area (Å²) in [7, 11) is 0. The standard InChI is InChI=1S/C8H6N2.C8H7N.C8H6S.C7H6N2.C6H4S2.C5H5N.4C4H4N2.C4H5N.C4H4O.C4H4S.C3H3N3.2C3H4N2.2C3H3NO.2C3H3NS.C2H3N3.2CH4/c1-2-4-8-7(3-1)9-5-6-10-8;2*1-2-4-8-7(3-1)5-6-9-8;1-2-4-7-6(3-1)8-5-9-7;1-3-7-6-2-4-8-5(1)6;1-2-4-6-5-3-1;1-2-6-4-3-5-1;2*1-2-5-4-6-3-1;1-2-4-6-5-3-1;3*1-2-4-5-3-1;1-4-2-6-3-5-1;1-2-5-3-4-1;1-2-4-5-3-1;1-2-5-3-4-1;1-2-4-5-3-1;1-2-5-3-4-1;2*1-2-4-5-3-1;;/h1-6H;1-6,9H;1-6H;1-5H,(H,8,9);1-4H;1-5H;4*1-4H;1-5H;2*1-4H;1-3H;2*1-3H,(H,4,5);4*1-3H;1-2H,(H,3,4,5);2*1H4. The first-order valence-electron chi connectivity index (χ1n) is 38.4. The summed E-state index contributed by atoms with van der Waals surface area (Å²) in [6, 6.07) is 70.9. The third-order valence-electron chi connectivity index (χ3n) is 13.4. The van der Waals surface area contributed by atoms with E-state index < -0.39 is 0 Å². The van der Waals surface area contributed by atoms with Crippen molar-refractivity contribution in [3.05, 3.63) is 505 Å². The van der Waals surface area contributed by atoms with Crippen molar-refractivity contribution < 1.29 is 13.4 Å². The Morgan fingerprint density at radius 2 is 0.857 bits per heavy atom. The van der Waals surface area contributed by atoms with Crippen molar-refractivity contribution in [3.63, 3.8) is 0 Å². The highest BCUT2D eigenvalue weighted by Gasteiger charge is 1.93. The van der Waals surface area contributed by atoms with E-state index in [1.807, 2.05) is 180 Å². The Labute approximate surface area is 792 Å². The van der Waals surface area contributed by atoms with Gasteiger partial charge in [0.05, 0.1) is 77.5 Å². The molecule has 0 radical (unpaired) electrons. The van der Waals surface area contributed by atoms with Gasteiger partial charge in [0, 0.05) is 173 Å². The van der Waals surface area contributed by atoms with Gasteiger partial charge in [0.15, 0.2) is 6.39 Å². The summed E-state index contributed by atoms with van der Waals surface area (Å²) >= 11 is 10.2. The minimum atomic E-state index is 0. The van der Waals surface area contributed by atoms with E-state index in [0.717, 1.165) is 22.1 Å². The van der Waals surface area contributed by atoms with Gasteiger partial charge in [-0.3, -0.25) is 35.0 Å². The van der Waals surface area contributed by atoms with Gasteiger partial charge in [0.1, 0.15) is 44.2 Å². The first-order valence-corrected chi connectivity index (χ1v) is 43.8. The van der Waals surface area contributed by atoms with Crippen LogP contribution < -0.4 is 0 Å². The zero-order chi connectivity index (χ0) is 91.3. The predicted molar refractivity (Wildman–Crippen MR) is 536 cm³/mol. The van der Waals surface area contributed by atoms with E-state index in [1.54, 1.807) is 254 Å². The van der Waals surface area contributed by atoms with Crippen molar-refractivity contribution in [2.75, 3.05) is 0 Å². The Morgan fingerprint density at radius 1 is 0.271 bits per heavy atom.